The van der Waals surface area contributed by atoms with Crippen molar-refractivity contribution in [3.05, 3.63) is 69.8 Å². The lowest BCUT2D eigenvalue weighted by Crippen LogP contribution is -2.22. The van der Waals surface area contributed by atoms with E-state index in [2.05, 4.69) is 0 Å². The molecule has 0 unspecified atom stereocenters. The molecule has 0 aliphatic heterocycles. The second-order valence-corrected chi connectivity index (χ2v) is 4.50. The predicted octanol–water partition coefficient (Wildman–Crippen LogP) is 3.90. The lowest BCUT2D eigenvalue weighted by Gasteiger charge is -2.23. The molecule has 0 aromatic heterocycles. The Labute approximate surface area is 120 Å². The van der Waals surface area contributed by atoms with Crippen molar-refractivity contribution in [3.8, 4) is 0 Å². The zero-order chi connectivity index (χ0) is 15.4. The molecule has 2 aromatic rings. The minimum atomic E-state index is -0.850. The molecule has 0 spiro atoms. The van der Waals surface area contributed by atoms with Gasteiger partial charge < -0.3 is 4.90 Å². The van der Waals surface area contributed by atoms with Crippen LogP contribution in [-0.2, 0) is 6.54 Å². The first-order chi connectivity index (χ1) is 10.0. The number of halogens is 2. The van der Waals surface area contributed by atoms with Gasteiger partial charge >= 0.3 is 5.69 Å². The summed E-state index contributed by atoms with van der Waals surface area (Å²) in [6.07, 6.45) is 0. The Morgan fingerprint density at radius 1 is 1.19 bits per heavy atom. The van der Waals surface area contributed by atoms with E-state index in [9.17, 15) is 18.9 Å². The normalized spacial score (nSPS) is 10.4. The third kappa shape index (κ3) is 3.34. The molecule has 2 aromatic carbocycles. The van der Waals surface area contributed by atoms with Crippen LogP contribution >= 0.6 is 0 Å². The van der Waals surface area contributed by atoms with Crippen LogP contribution in [0.1, 0.15) is 12.5 Å². The van der Waals surface area contributed by atoms with Crippen LogP contribution in [0.25, 0.3) is 0 Å². The van der Waals surface area contributed by atoms with Gasteiger partial charge in [0.25, 0.3) is 0 Å². The monoisotopic (exact) mass is 292 g/mol. The number of nitro benzene ring substituents is 1. The summed E-state index contributed by atoms with van der Waals surface area (Å²) in [5.41, 5.74) is 0.251. The summed E-state index contributed by atoms with van der Waals surface area (Å²) in [7, 11) is 0. The number of rotatable bonds is 5. The molecule has 6 heteroatoms. The predicted molar refractivity (Wildman–Crippen MR) is 76.2 cm³/mol. The highest BCUT2D eigenvalue weighted by Crippen LogP contribution is 2.24. The SMILES string of the molecule is CCN(Cc1cccc([N+](=O)[O-])c1F)c1cccc(F)c1. The van der Waals surface area contributed by atoms with Gasteiger partial charge in [-0.1, -0.05) is 18.2 Å². The summed E-state index contributed by atoms with van der Waals surface area (Å²) < 4.78 is 27.3. The van der Waals surface area contributed by atoms with E-state index in [0.717, 1.165) is 6.07 Å². The third-order valence-electron chi connectivity index (χ3n) is 3.17. The number of hydrogen-bond acceptors (Lipinski definition) is 3. The topological polar surface area (TPSA) is 46.4 Å². The molecule has 0 heterocycles. The van der Waals surface area contributed by atoms with Crippen molar-refractivity contribution < 1.29 is 13.7 Å². The van der Waals surface area contributed by atoms with Crippen molar-refractivity contribution in [2.24, 2.45) is 0 Å². The van der Waals surface area contributed by atoms with Crippen LogP contribution in [0.5, 0.6) is 0 Å². The van der Waals surface area contributed by atoms with E-state index in [1.807, 2.05) is 6.92 Å². The highest BCUT2D eigenvalue weighted by Gasteiger charge is 2.18. The maximum atomic E-state index is 14.1. The molecule has 0 N–H and O–H groups in total. The molecule has 0 saturated heterocycles. The van der Waals surface area contributed by atoms with E-state index in [1.165, 1.54) is 24.3 Å². The Balaban J connectivity index is 2.31. The summed E-state index contributed by atoms with van der Waals surface area (Å²) >= 11 is 0. The molecule has 2 rings (SSSR count). The molecular weight excluding hydrogens is 278 g/mol. The second kappa shape index (κ2) is 6.30. The van der Waals surface area contributed by atoms with Gasteiger partial charge in [0.1, 0.15) is 5.82 Å². The van der Waals surface area contributed by atoms with Crippen LogP contribution in [0.15, 0.2) is 42.5 Å². The average molecular weight is 292 g/mol. The third-order valence-corrected chi connectivity index (χ3v) is 3.17. The number of hydrogen-bond donors (Lipinski definition) is 0. The minimum Gasteiger partial charge on any atom is -0.367 e. The molecular formula is C15H14F2N2O2. The van der Waals surface area contributed by atoms with Crippen LogP contribution in [-0.4, -0.2) is 11.5 Å². The van der Waals surface area contributed by atoms with Crippen molar-refractivity contribution in [2.75, 3.05) is 11.4 Å². The summed E-state index contributed by atoms with van der Waals surface area (Å²) in [6.45, 7) is 2.50. The summed E-state index contributed by atoms with van der Waals surface area (Å²) in [5.74, 6) is -1.23. The first kappa shape index (κ1) is 14.9. The fourth-order valence-electron chi connectivity index (χ4n) is 2.09. The van der Waals surface area contributed by atoms with E-state index in [1.54, 1.807) is 17.0 Å². The van der Waals surface area contributed by atoms with Crippen molar-refractivity contribution in [1.29, 1.82) is 0 Å². The van der Waals surface area contributed by atoms with E-state index < -0.39 is 16.4 Å². The van der Waals surface area contributed by atoms with Crippen molar-refractivity contribution >= 4 is 11.4 Å². The molecule has 0 aliphatic rings. The van der Waals surface area contributed by atoms with Gasteiger partial charge in [-0.15, -0.1) is 0 Å². The highest BCUT2D eigenvalue weighted by molar-refractivity contribution is 5.48. The molecule has 0 atom stereocenters. The van der Waals surface area contributed by atoms with Gasteiger partial charge in [0.2, 0.25) is 5.82 Å². The lowest BCUT2D eigenvalue weighted by molar-refractivity contribution is -0.387. The Bertz CT molecular complexity index is 662. The smallest absolute Gasteiger partial charge is 0.305 e. The molecule has 4 nitrogen and oxygen atoms in total. The van der Waals surface area contributed by atoms with E-state index >= 15 is 0 Å². The fourth-order valence-corrected chi connectivity index (χ4v) is 2.09. The Hall–Kier alpha value is -2.50. The van der Waals surface area contributed by atoms with E-state index in [-0.39, 0.29) is 17.9 Å². The fraction of sp³-hybridized carbons (Fsp3) is 0.200. The van der Waals surface area contributed by atoms with E-state index in [0.29, 0.717) is 12.2 Å². The van der Waals surface area contributed by atoms with Crippen LogP contribution in [0.4, 0.5) is 20.2 Å². The van der Waals surface area contributed by atoms with Gasteiger partial charge in [-0.25, -0.2) is 4.39 Å². The van der Waals surface area contributed by atoms with Crippen LogP contribution in [0, 0.1) is 21.7 Å². The standard InChI is InChI=1S/C15H14F2N2O2/c1-2-18(13-7-4-6-12(16)9-13)10-11-5-3-8-14(15(11)17)19(20)21/h3-9H,2,10H2,1H3. The lowest BCUT2D eigenvalue weighted by atomic mass is 10.1. The minimum absolute atomic E-state index is 0.132. The van der Waals surface area contributed by atoms with E-state index in [4.69, 9.17) is 0 Å². The van der Waals surface area contributed by atoms with Crippen LogP contribution < -0.4 is 4.90 Å². The largest absolute Gasteiger partial charge is 0.367 e. The van der Waals surface area contributed by atoms with Crippen molar-refractivity contribution in [1.82, 2.24) is 0 Å². The van der Waals surface area contributed by atoms with Gasteiger partial charge in [0.15, 0.2) is 0 Å². The average Bonchev–Trinajstić information content (AvgIpc) is 2.46. The molecule has 110 valence electrons. The summed E-state index contributed by atoms with van der Waals surface area (Å²) in [5, 5.41) is 10.7. The van der Waals surface area contributed by atoms with Crippen molar-refractivity contribution in [3.63, 3.8) is 0 Å². The molecule has 0 bridgehead atoms. The number of benzene rings is 2. The molecule has 0 saturated carbocycles. The van der Waals surface area contributed by atoms with Crippen LogP contribution in [0.2, 0.25) is 0 Å². The van der Waals surface area contributed by atoms with Gasteiger partial charge in [-0.05, 0) is 25.1 Å². The zero-order valence-electron chi connectivity index (χ0n) is 11.4. The molecule has 0 radical (unpaired) electrons. The molecule has 0 aliphatic carbocycles. The quantitative estimate of drug-likeness (QED) is 0.620. The first-order valence-electron chi connectivity index (χ1n) is 6.45. The first-order valence-corrected chi connectivity index (χ1v) is 6.45. The Morgan fingerprint density at radius 3 is 2.52 bits per heavy atom. The molecule has 0 amide bonds. The summed E-state index contributed by atoms with van der Waals surface area (Å²) in [4.78, 5) is 11.7. The van der Waals surface area contributed by atoms with Gasteiger partial charge in [-0.2, -0.15) is 4.39 Å². The van der Waals surface area contributed by atoms with Gasteiger partial charge in [0, 0.05) is 30.4 Å². The summed E-state index contributed by atoms with van der Waals surface area (Å²) in [6, 6.07) is 10.0. The maximum absolute atomic E-state index is 14.1. The van der Waals surface area contributed by atoms with Gasteiger partial charge in [-0.3, -0.25) is 10.1 Å². The molecule has 0 fully saturated rings. The number of nitro groups is 1. The molecule has 21 heavy (non-hydrogen) atoms. The maximum Gasteiger partial charge on any atom is 0.305 e. The number of nitrogens with zero attached hydrogens (tertiary/aromatic N) is 2. The Morgan fingerprint density at radius 2 is 1.90 bits per heavy atom. The van der Waals surface area contributed by atoms with Crippen molar-refractivity contribution in [2.45, 2.75) is 13.5 Å². The number of anilines is 1. The Kier molecular flexibility index (Phi) is 4.47. The highest BCUT2D eigenvalue weighted by atomic mass is 19.1. The van der Waals surface area contributed by atoms with Crippen LogP contribution in [0.3, 0.4) is 0 Å². The second-order valence-electron chi connectivity index (χ2n) is 4.50. The zero-order valence-corrected chi connectivity index (χ0v) is 11.4. The van der Waals surface area contributed by atoms with Gasteiger partial charge in [0.05, 0.1) is 4.92 Å².